The molecule has 0 aliphatic heterocycles. The van der Waals surface area contributed by atoms with Crippen molar-refractivity contribution in [2.75, 3.05) is 29.5 Å². The summed E-state index contributed by atoms with van der Waals surface area (Å²) in [5.74, 6) is -0.106. The van der Waals surface area contributed by atoms with E-state index >= 15 is 0 Å². The summed E-state index contributed by atoms with van der Waals surface area (Å²) in [5.41, 5.74) is 2.42. The number of hydrogen-bond donors (Lipinski definition) is 1. The SMILES string of the molecule is COc1ccc([N+](=O)[O-])cc1NC(=O)CCCN(c1cccc(C)c1C)S(C)(=O)=O. The third kappa shape index (κ3) is 5.69. The van der Waals surface area contributed by atoms with E-state index in [1.807, 2.05) is 19.9 Å². The van der Waals surface area contributed by atoms with Gasteiger partial charge in [0, 0.05) is 25.1 Å². The number of aryl methyl sites for hydroxylation is 1. The van der Waals surface area contributed by atoms with Gasteiger partial charge in [-0.2, -0.15) is 0 Å². The molecule has 10 heteroatoms. The number of rotatable bonds is 9. The Morgan fingerprint density at radius 2 is 1.93 bits per heavy atom. The summed E-state index contributed by atoms with van der Waals surface area (Å²) in [7, 11) is -2.14. The Bertz CT molecular complexity index is 1050. The van der Waals surface area contributed by atoms with Crippen molar-refractivity contribution in [3.8, 4) is 5.75 Å². The number of nitrogens with one attached hydrogen (secondary N) is 1. The van der Waals surface area contributed by atoms with E-state index in [0.717, 1.165) is 17.4 Å². The molecule has 0 radical (unpaired) electrons. The van der Waals surface area contributed by atoms with Crippen LogP contribution in [0.2, 0.25) is 0 Å². The molecule has 0 aliphatic carbocycles. The van der Waals surface area contributed by atoms with Crippen molar-refractivity contribution in [3.05, 3.63) is 57.6 Å². The molecule has 2 aromatic rings. The van der Waals surface area contributed by atoms with Gasteiger partial charge in [0.2, 0.25) is 15.9 Å². The second-order valence-electron chi connectivity index (χ2n) is 6.85. The van der Waals surface area contributed by atoms with Crippen LogP contribution in [0.3, 0.4) is 0 Å². The van der Waals surface area contributed by atoms with Gasteiger partial charge in [-0.1, -0.05) is 12.1 Å². The maximum Gasteiger partial charge on any atom is 0.271 e. The molecule has 1 amide bonds. The third-order valence-electron chi connectivity index (χ3n) is 4.68. The summed E-state index contributed by atoms with van der Waals surface area (Å²) in [4.78, 5) is 22.7. The molecule has 0 spiro atoms. The van der Waals surface area contributed by atoms with Crippen molar-refractivity contribution in [1.82, 2.24) is 0 Å². The van der Waals surface area contributed by atoms with Crippen molar-refractivity contribution in [3.63, 3.8) is 0 Å². The highest BCUT2D eigenvalue weighted by Crippen LogP contribution is 2.29. The number of sulfonamides is 1. The van der Waals surface area contributed by atoms with Crippen LogP contribution in [-0.2, 0) is 14.8 Å². The van der Waals surface area contributed by atoms with Crippen LogP contribution in [0.1, 0.15) is 24.0 Å². The summed E-state index contributed by atoms with van der Waals surface area (Å²) in [6.07, 6.45) is 1.43. The molecule has 0 heterocycles. The molecular weight excluding hydrogens is 410 g/mol. The van der Waals surface area contributed by atoms with Crippen LogP contribution in [0.4, 0.5) is 17.1 Å². The minimum Gasteiger partial charge on any atom is -0.495 e. The molecule has 2 aromatic carbocycles. The molecule has 9 nitrogen and oxygen atoms in total. The molecule has 0 aliphatic rings. The predicted octanol–water partition coefficient (Wildman–Crippen LogP) is 3.41. The number of carbonyl (C=O) groups excluding carboxylic acids is 1. The lowest BCUT2D eigenvalue weighted by Gasteiger charge is -2.25. The van der Waals surface area contributed by atoms with E-state index in [-0.39, 0.29) is 30.8 Å². The number of nitro groups is 1. The fraction of sp³-hybridized carbons (Fsp3) is 0.350. The molecule has 0 fully saturated rings. The molecule has 0 bridgehead atoms. The van der Waals surface area contributed by atoms with Gasteiger partial charge in [0.1, 0.15) is 5.75 Å². The van der Waals surface area contributed by atoms with Gasteiger partial charge in [-0.3, -0.25) is 19.2 Å². The van der Waals surface area contributed by atoms with Crippen LogP contribution in [0.5, 0.6) is 5.75 Å². The maximum atomic E-state index is 12.3. The Morgan fingerprint density at radius 3 is 2.53 bits per heavy atom. The minimum absolute atomic E-state index is 0.0305. The van der Waals surface area contributed by atoms with Crippen molar-refractivity contribution in [1.29, 1.82) is 0 Å². The normalized spacial score (nSPS) is 11.1. The first-order chi connectivity index (χ1) is 14.0. The second kappa shape index (κ2) is 9.57. The van der Waals surface area contributed by atoms with Crippen molar-refractivity contribution >= 4 is 33.0 Å². The summed E-state index contributed by atoms with van der Waals surface area (Å²) in [6.45, 7) is 3.88. The van der Waals surface area contributed by atoms with Crippen molar-refractivity contribution in [2.45, 2.75) is 26.7 Å². The number of benzene rings is 2. The molecular formula is C20H25N3O6S. The van der Waals surface area contributed by atoms with E-state index in [1.54, 1.807) is 12.1 Å². The Labute approximate surface area is 175 Å². The summed E-state index contributed by atoms with van der Waals surface area (Å²) in [5, 5.41) is 13.5. The second-order valence-corrected chi connectivity index (χ2v) is 8.75. The fourth-order valence-corrected chi connectivity index (χ4v) is 3.99. The molecule has 2 rings (SSSR count). The highest BCUT2D eigenvalue weighted by molar-refractivity contribution is 7.92. The zero-order valence-corrected chi connectivity index (χ0v) is 18.2. The van der Waals surface area contributed by atoms with E-state index < -0.39 is 20.9 Å². The van der Waals surface area contributed by atoms with E-state index in [2.05, 4.69) is 5.32 Å². The first kappa shape index (κ1) is 23.1. The zero-order chi connectivity index (χ0) is 22.5. The number of amides is 1. The molecule has 1 N–H and O–H groups in total. The van der Waals surface area contributed by atoms with Crippen LogP contribution in [0.15, 0.2) is 36.4 Å². The first-order valence-electron chi connectivity index (χ1n) is 9.20. The highest BCUT2D eigenvalue weighted by Gasteiger charge is 2.20. The Balaban J connectivity index is 2.09. The Hall–Kier alpha value is -3.14. The first-order valence-corrected chi connectivity index (χ1v) is 11.1. The van der Waals surface area contributed by atoms with Gasteiger partial charge in [-0.15, -0.1) is 0 Å². The Morgan fingerprint density at radius 1 is 1.23 bits per heavy atom. The number of nitrogens with zero attached hydrogens (tertiary/aromatic N) is 2. The summed E-state index contributed by atoms with van der Waals surface area (Å²) >= 11 is 0. The minimum atomic E-state index is -3.53. The summed E-state index contributed by atoms with van der Waals surface area (Å²) in [6, 6.07) is 9.33. The average molecular weight is 436 g/mol. The molecule has 162 valence electrons. The summed E-state index contributed by atoms with van der Waals surface area (Å²) < 4.78 is 31.0. The smallest absolute Gasteiger partial charge is 0.271 e. The third-order valence-corrected chi connectivity index (χ3v) is 5.86. The Kier molecular flexibility index (Phi) is 7.38. The zero-order valence-electron chi connectivity index (χ0n) is 17.3. The number of nitro benzene ring substituents is 1. The molecule has 0 saturated carbocycles. The van der Waals surface area contributed by atoms with Crippen LogP contribution in [-0.4, -0.2) is 39.2 Å². The van der Waals surface area contributed by atoms with Gasteiger partial charge in [0.05, 0.1) is 29.7 Å². The number of hydrogen-bond acceptors (Lipinski definition) is 6. The van der Waals surface area contributed by atoms with Gasteiger partial charge >= 0.3 is 0 Å². The van der Waals surface area contributed by atoms with Gasteiger partial charge in [0.15, 0.2) is 0 Å². The monoisotopic (exact) mass is 435 g/mol. The fourth-order valence-electron chi connectivity index (χ4n) is 2.97. The van der Waals surface area contributed by atoms with Crippen molar-refractivity contribution < 1.29 is 22.9 Å². The lowest BCUT2D eigenvalue weighted by molar-refractivity contribution is -0.384. The van der Waals surface area contributed by atoms with E-state index in [9.17, 15) is 23.3 Å². The van der Waals surface area contributed by atoms with E-state index in [4.69, 9.17) is 4.74 Å². The number of anilines is 2. The van der Waals surface area contributed by atoms with E-state index in [0.29, 0.717) is 11.4 Å². The molecule has 0 saturated heterocycles. The molecule has 0 atom stereocenters. The van der Waals surface area contributed by atoms with Gasteiger partial charge in [-0.05, 0) is 43.5 Å². The number of carbonyl (C=O) groups is 1. The molecule has 0 aromatic heterocycles. The average Bonchev–Trinajstić information content (AvgIpc) is 2.67. The quantitative estimate of drug-likeness (QED) is 0.476. The number of methoxy groups -OCH3 is 1. The van der Waals surface area contributed by atoms with Crippen LogP contribution in [0, 0.1) is 24.0 Å². The highest BCUT2D eigenvalue weighted by atomic mass is 32.2. The van der Waals surface area contributed by atoms with Gasteiger partial charge in [0.25, 0.3) is 5.69 Å². The van der Waals surface area contributed by atoms with Crippen molar-refractivity contribution in [2.24, 2.45) is 0 Å². The molecule has 0 unspecified atom stereocenters. The van der Waals surface area contributed by atoms with Gasteiger partial charge in [-0.25, -0.2) is 8.42 Å². The predicted molar refractivity (Wildman–Crippen MR) is 116 cm³/mol. The lowest BCUT2D eigenvalue weighted by Crippen LogP contribution is -2.32. The van der Waals surface area contributed by atoms with Crippen LogP contribution < -0.4 is 14.4 Å². The van der Waals surface area contributed by atoms with E-state index in [1.165, 1.54) is 29.6 Å². The maximum absolute atomic E-state index is 12.3. The largest absolute Gasteiger partial charge is 0.495 e. The van der Waals surface area contributed by atoms with Crippen LogP contribution >= 0.6 is 0 Å². The number of non-ortho nitro benzene ring substituents is 1. The standard InChI is InChI=1S/C20H25N3O6S/c1-14-7-5-8-18(15(14)2)22(30(4,27)28)12-6-9-20(24)21-17-13-16(23(25)26)10-11-19(17)29-3/h5,7-8,10-11,13H,6,9,12H2,1-4H3,(H,21,24). The number of ether oxygens (including phenoxy) is 1. The van der Waals surface area contributed by atoms with Crippen LogP contribution in [0.25, 0.3) is 0 Å². The van der Waals surface area contributed by atoms with Gasteiger partial charge < -0.3 is 10.1 Å². The molecule has 30 heavy (non-hydrogen) atoms. The lowest BCUT2D eigenvalue weighted by atomic mass is 10.1. The topological polar surface area (TPSA) is 119 Å².